The van der Waals surface area contributed by atoms with Crippen LogP contribution in [0.4, 0.5) is 0 Å². The predicted molar refractivity (Wildman–Crippen MR) is 79.3 cm³/mol. The zero-order valence-electron chi connectivity index (χ0n) is 12.6. The van der Waals surface area contributed by atoms with Crippen LogP contribution in [0.5, 0.6) is 0 Å². The van der Waals surface area contributed by atoms with Crippen molar-refractivity contribution >= 4 is 11.8 Å². The van der Waals surface area contributed by atoms with Crippen LogP contribution >= 0.6 is 0 Å². The van der Waals surface area contributed by atoms with Gasteiger partial charge in [-0.2, -0.15) is 0 Å². The molecule has 2 amide bonds. The second kappa shape index (κ2) is 8.28. The van der Waals surface area contributed by atoms with Crippen LogP contribution in [-0.2, 0) is 9.59 Å². The fourth-order valence-corrected chi connectivity index (χ4v) is 3.16. The molecule has 2 heterocycles. The van der Waals surface area contributed by atoms with E-state index >= 15 is 0 Å². The van der Waals surface area contributed by atoms with Crippen molar-refractivity contribution in [3.8, 4) is 0 Å². The largest absolute Gasteiger partial charge is 0.343 e. The molecule has 0 atom stereocenters. The minimum Gasteiger partial charge on any atom is -0.343 e. The summed E-state index contributed by atoms with van der Waals surface area (Å²) >= 11 is 0. The molecular weight excluding hydrogens is 252 g/mol. The molecular formula is C16H28N2O2. The van der Waals surface area contributed by atoms with Crippen LogP contribution in [0.15, 0.2) is 0 Å². The van der Waals surface area contributed by atoms with E-state index in [2.05, 4.69) is 0 Å². The molecule has 2 rings (SSSR count). The van der Waals surface area contributed by atoms with Crippen LogP contribution in [0.2, 0.25) is 0 Å². The molecule has 0 aliphatic carbocycles. The number of unbranched alkanes of at least 4 members (excludes halogenated alkanes) is 1. The quantitative estimate of drug-likeness (QED) is 0.726. The summed E-state index contributed by atoms with van der Waals surface area (Å²) in [5, 5.41) is 0. The second-order valence-electron chi connectivity index (χ2n) is 6.09. The molecule has 4 nitrogen and oxygen atoms in total. The van der Waals surface area contributed by atoms with Crippen LogP contribution in [-0.4, -0.2) is 47.8 Å². The Kier molecular flexibility index (Phi) is 6.34. The maximum atomic E-state index is 12.1. The maximum absolute atomic E-state index is 12.1. The summed E-state index contributed by atoms with van der Waals surface area (Å²) in [4.78, 5) is 27.9. The van der Waals surface area contributed by atoms with E-state index in [-0.39, 0.29) is 5.91 Å². The van der Waals surface area contributed by atoms with E-state index in [0.717, 1.165) is 64.7 Å². The zero-order valence-corrected chi connectivity index (χ0v) is 12.6. The molecule has 0 N–H and O–H groups in total. The Morgan fingerprint density at radius 1 is 0.600 bits per heavy atom. The molecule has 114 valence electrons. The van der Waals surface area contributed by atoms with Crippen molar-refractivity contribution in [2.45, 2.75) is 64.2 Å². The van der Waals surface area contributed by atoms with Crippen LogP contribution < -0.4 is 0 Å². The Hall–Kier alpha value is -1.06. The van der Waals surface area contributed by atoms with Gasteiger partial charge in [0.05, 0.1) is 0 Å². The van der Waals surface area contributed by atoms with Crippen LogP contribution in [0.1, 0.15) is 64.2 Å². The van der Waals surface area contributed by atoms with Gasteiger partial charge in [0.15, 0.2) is 0 Å². The molecule has 20 heavy (non-hydrogen) atoms. The average molecular weight is 280 g/mol. The van der Waals surface area contributed by atoms with E-state index in [1.807, 2.05) is 9.80 Å². The number of nitrogens with zero attached hydrogens (tertiary/aromatic N) is 2. The van der Waals surface area contributed by atoms with Crippen molar-refractivity contribution < 1.29 is 9.59 Å². The third-order valence-corrected chi connectivity index (χ3v) is 4.45. The van der Waals surface area contributed by atoms with Gasteiger partial charge in [0.1, 0.15) is 0 Å². The van der Waals surface area contributed by atoms with E-state index in [9.17, 15) is 9.59 Å². The minimum atomic E-state index is 0.282. The lowest BCUT2D eigenvalue weighted by molar-refractivity contribution is -0.132. The van der Waals surface area contributed by atoms with Crippen molar-refractivity contribution in [3.05, 3.63) is 0 Å². The summed E-state index contributed by atoms with van der Waals surface area (Å²) in [6.45, 7) is 3.74. The SMILES string of the molecule is O=C(CCCCC(=O)N1CCCC1)N1CCCCCC1. The number of rotatable bonds is 5. The van der Waals surface area contributed by atoms with Gasteiger partial charge in [-0.3, -0.25) is 9.59 Å². The van der Waals surface area contributed by atoms with E-state index in [1.54, 1.807) is 0 Å². The van der Waals surface area contributed by atoms with Crippen LogP contribution in [0, 0.1) is 0 Å². The van der Waals surface area contributed by atoms with Crippen molar-refractivity contribution in [1.29, 1.82) is 0 Å². The number of carbonyl (C=O) groups is 2. The van der Waals surface area contributed by atoms with E-state index in [4.69, 9.17) is 0 Å². The molecule has 0 aromatic carbocycles. The van der Waals surface area contributed by atoms with Crippen molar-refractivity contribution in [1.82, 2.24) is 9.80 Å². The molecule has 2 saturated heterocycles. The first kappa shape index (κ1) is 15.3. The van der Waals surface area contributed by atoms with Gasteiger partial charge in [0, 0.05) is 39.0 Å². The lowest BCUT2D eigenvalue weighted by atomic mass is 10.1. The lowest BCUT2D eigenvalue weighted by Gasteiger charge is -2.20. The normalized spacial score (nSPS) is 20.0. The van der Waals surface area contributed by atoms with Crippen molar-refractivity contribution in [2.24, 2.45) is 0 Å². The molecule has 0 saturated carbocycles. The summed E-state index contributed by atoms with van der Waals surface area (Å²) in [6.07, 6.45) is 10.1. The van der Waals surface area contributed by atoms with Gasteiger partial charge in [-0.1, -0.05) is 12.8 Å². The molecule has 0 bridgehead atoms. The molecule has 0 spiro atoms. The summed E-state index contributed by atoms with van der Waals surface area (Å²) in [5.41, 5.74) is 0. The van der Waals surface area contributed by atoms with Gasteiger partial charge < -0.3 is 9.80 Å². The first-order valence-corrected chi connectivity index (χ1v) is 8.33. The summed E-state index contributed by atoms with van der Waals surface area (Å²) in [6, 6.07) is 0. The Morgan fingerprint density at radius 3 is 1.35 bits per heavy atom. The predicted octanol–water partition coefficient (Wildman–Crippen LogP) is 2.57. The highest BCUT2D eigenvalue weighted by Crippen LogP contribution is 2.14. The molecule has 4 heteroatoms. The number of carbonyl (C=O) groups excluding carboxylic acids is 2. The number of hydrogen-bond donors (Lipinski definition) is 0. The van der Waals surface area contributed by atoms with Gasteiger partial charge in [-0.15, -0.1) is 0 Å². The third kappa shape index (κ3) is 4.80. The number of amides is 2. The molecule has 0 radical (unpaired) electrons. The number of likely N-dealkylation sites (tertiary alicyclic amines) is 2. The number of hydrogen-bond acceptors (Lipinski definition) is 2. The molecule has 0 aromatic heterocycles. The standard InChI is InChI=1S/C16H28N2O2/c19-15(17-11-5-1-2-6-12-17)9-3-4-10-16(20)18-13-7-8-14-18/h1-14H2. The van der Waals surface area contributed by atoms with E-state index in [0.29, 0.717) is 18.7 Å². The van der Waals surface area contributed by atoms with E-state index < -0.39 is 0 Å². The van der Waals surface area contributed by atoms with Gasteiger partial charge in [-0.05, 0) is 38.5 Å². The summed E-state index contributed by atoms with van der Waals surface area (Å²) in [5.74, 6) is 0.574. The van der Waals surface area contributed by atoms with Crippen LogP contribution in [0.25, 0.3) is 0 Å². The second-order valence-corrected chi connectivity index (χ2v) is 6.09. The fraction of sp³-hybridized carbons (Fsp3) is 0.875. The minimum absolute atomic E-state index is 0.282. The maximum Gasteiger partial charge on any atom is 0.222 e. The average Bonchev–Trinajstić information content (AvgIpc) is 2.85. The Morgan fingerprint density at radius 2 is 0.950 bits per heavy atom. The third-order valence-electron chi connectivity index (χ3n) is 4.45. The monoisotopic (exact) mass is 280 g/mol. The summed E-state index contributed by atoms with van der Waals surface area (Å²) < 4.78 is 0. The van der Waals surface area contributed by atoms with Gasteiger partial charge in [0.25, 0.3) is 0 Å². The highest BCUT2D eigenvalue weighted by Gasteiger charge is 2.18. The molecule has 2 fully saturated rings. The van der Waals surface area contributed by atoms with Crippen LogP contribution in [0.3, 0.4) is 0 Å². The molecule has 2 aliphatic heterocycles. The zero-order chi connectivity index (χ0) is 14.2. The smallest absolute Gasteiger partial charge is 0.222 e. The summed E-state index contributed by atoms with van der Waals surface area (Å²) in [7, 11) is 0. The van der Waals surface area contributed by atoms with Gasteiger partial charge in [0.2, 0.25) is 11.8 Å². The Balaban J connectivity index is 1.57. The molecule has 2 aliphatic rings. The highest BCUT2D eigenvalue weighted by molar-refractivity contribution is 5.77. The first-order chi connectivity index (χ1) is 9.77. The Labute approximate surface area is 122 Å². The highest BCUT2D eigenvalue weighted by atomic mass is 16.2. The van der Waals surface area contributed by atoms with E-state index in [1.165, 1.54) is 12.8 Å². The lowest BCUT2D eigenvalue weighted by Crippen LogP contribution is -2.31. The first-order valence-electron chi connectivity index (χ1n) is 8.33. The fourth-order valence-electron chi connectivity index (χ4n) is 3.16. The van der Waals surface area contributed by atoms with Gasteiger partial charge in [-0.25, -0.2) is 0 Å². The topological polar surface area (TPSA) is 40.6 Å². The Bertz CT molecular complexity index is 316. The van der Waals surface area contributed by atoms with Gasteiger partial charge >= 0.3 is 0 Å². The molecule has 0 aromatic rings. The van der Waals surface area contributed by atoms with Crippen molar-refractivity contribution in [3.63, 3.8) is 0 Å². The molecule has 0 unspecified atom stereocenters. The van der Waals surface area contributed by atoms with Crippen molar-refractivity contribution in [2.75, 3.05) is 26.2 Å².